The molecule has 0 aliphatic carbocycles. The molecule has 0 atom stereocenters. The van der Waals surface area contributed by atoms with Gasteiger partial charge in [-0.25, -0.2) is 0 Å². The van der Waals surface area contributed by atoms with E-state index in [-0.39, 0.29) is 0 Å². The second-order valence-corrected chi connectivity index (χ2v) is 14.3. The van der Waals surface area contributed by atoms with Crippen molar-refractivity contribution in [2.24, 2.45) is 0 Å². The molecule has 0 saturated heterocycles. The number of hydrogen-bond acceptors (Lipinski definition) is 3. The van der Waals surface area contributed by atoms with Crippen LogP contribution in [0.4, 0.5) is 0 Å². The van der Waals surface area contributed by atoms with E-state index in [0.29, 0.717) is 16.7 Å². The number of aromatic nitrogens is 3. The third-order valence-corrected chi connectivity index (χ3v) is 11.3. The van der Waals surface area contributed by atoms with Gasteiger partial charge in [0, 0.05) is 38.0 Å². The highest BCUT2D eigenvalue weighted by Gasteiger charge is 2.21. The van der Waals surface area contributed by atoms with E-state index in [1.165, 1.54) is 10.8 Å². The first-order valence-corrected chi connectivity index (χ1v) is 18.7. The second-order valence-electron chi connectivity index (χ2n) is 14.3. The smallest absolute Gasteiger partial charge is 0.101 e. The Balaban J connectivity index is 1.06. The fourth-order valence-electron chi connectivity index (χ4n) is 8.87. The van der Waals surface area contributed by atoms with Crippen molar-refractivity contribution in [1.82, 2.24) is 13.7 Å². The van der Waals surface area contributed by atoms with Crippen LogP contribution in [0.2, 0.25) is 0 Å². The van der Waals surface area contributed by atoms with Crippen LogP contribution < -0.4 is 0 Å². The van der Waals surface area contributed by atoms with Gasteiger partial charge in [-0.05, 0) is 96.1 Å². The quantitative estimate of drug-likeness (QED) is 0.181. The van der Waals surface area contributed by atoms with Gasteiger partial charge in [-0.2, -0.15) is 15.8 Å². The van der Waals surface area contributed by atoms with Crippen molar-refractivity contribution in [2.45, 2.75) is 0 Å². The summed E-state index contributed by atoms with van der Waals surface area (Å²) in [6, 6.07) is 64.8. The van der Waals surface area contributed by atoms with Crippen LogP contribution in [0, 0.1) is 34.0 Å². The van der Waals surface area contributed by atoms with Crippen LogP contribution in [0.3, 0.4) is 0 Å². The molecule has 11 rings (SSSR count). The molecule has 0 saturated carbocycles. The van der Waals surface area contributed by atoms with Crippen LogP contribution in [0.15, 0.2) is 170 Å². The summed E-state index contributed by atoms with van der Waals surface area (Å²) in [6.07, 6.45) is 0. The molecule has 0 radical (unpaired) electrons. The van der Waals surface area contributed by atoms with Crippen molar-refractivity contribution in [3.05, 3.63) is 187 Å². The van der Waals surface area contributed by atoms with Crippen LogP contribution in [0.1, 0.15) is 16.7 Å². The average Bonchev–Trinajstić information content (AvgIpc) is 3.91. The van der Waals surface area contributed by atoms with Crippen molar-refractivity contribution in [2.75, 3.05) is 0 Å². The topological polar surface area (TPSA) is 86.2 Å². The van der Waals surface area contributed by atoms with E-state index in [9.17, 15) is 15.8 Å². The van der Waals surface area contributed by atoms with Gasteiger partial charge in [0.1, 0.15) is 6.07 Å². The highest BCUT2D eigenvalue weighted by Crippen LogP contribution is 2.41. The molecule has 0 aliphatic heterocycles. The standard InChI is InChI=1S/C51H28N6/c52-29-32-17-24-47-42(26-32)40-10-3-6-13-46(40)56(47)43-25-20-35(28-36(43)31-54)34-18-21-37(22-19-34)55-48-14-7-15-49(51(48)41-23-16-33(30-53)27-50(41)55)57-44-11-4-1-8-38(44)39-9-2-5-12-45(39)57/h1-28H. The minimum absolute atomic E-state index is 0.549. The summed E-state index contributed by atoms with van der Waals surface area (Å²) < 4.78 is 6.72. The Morgan fingerprint density at radius 1 is 0.333 bits per heavy atom. The summed E-state index contributed by atoms with van der Waals surface area (Å²) in [4.78, 5) is 0. The molecule has 0 amide bonds. The second kappa shape index (κ2) is 12.3. The van der Waals surface area contributed by atoms with Gasteiger partial charge in [-0.15, -0.1) is 0 Å². The number of benzene rings is 8. The molecule has 0 bridgehead atoms. The molecule has 0 unspecified atom stereocenters. The maximum absolute atomic E-state index is 10.5. The van der Waals surface area contributed by atoms with E-state index in [2.05, 4.69) is 147 Å². The molecule has 262 valence electrons. The first-order valence-electron chi connectivity index (χ1n) is 18.7. The lowest BCUT2D eigenvalue weighted by molar-refractivity contribution is 1.16. The summed E-state index contributed by atoms with van der Waals surface area (Å²) in [7, 11) is 0. The molecule has 8 aromatic carbocycles. The number of fused-ring (bicyclic) bond motifs is 9. The van der Waals surface area contributed by atoms with Crippen LogP contribution in [-0.2, 0) is 0 Å². The summed E-state index contributed by atoms with van der Waals surface area (Å²) in [5, 5.41) is 36.7. The van der Waals surface area contributed by atoms with Crippen LogP contribution in [0.5, 0.6) is 0 Å². The van der Waals surface area contributed by atoms with Gasteiger partial charge in [-0.3, -0.25) is 0 Å². The summed E-state index contributed by atoms with van der Waals surface area (Å²) in [5.74, 6) is 0. The molecule has 3 aromatic heterocycles. The van der Waals surface area contributed by atoms with Gasteiger partial charge < -0.3 is 13.7 Å². The van der Waals surface area contributed by atoms with Crippen LogP contribution in [-0.4, -0.2) is 13.7 Å². The Morgan fingerprint density at radius 3 is 1.56 bits per heavy atom. The summed E-state index contributed by atoms with van der Waals surface area (Å²) in [5.41, 5.74) is 12.7. The molecule has 11 aromatic rings. The zero-order valence-electron chi connectivity index (χ0n) is 30.3. The Labute approximate surface area is 326 Å². The molecular weight excluding hydrogens is 697 g/mol. The van der Waals surface area contributed by atoms with Gasteiger partial charge in [-0.1, -0.05) is 84.9 Å². The van der Waals surface area contributed by atoms with E-state index in [1.807, 2.05) is 54.6 Å². The van der Waals surface area contributed by atoms with Gasteiger partial charge >= 0.3 is 0 Å². The van der Waals surface area contributed by atoms with Gasteiger partial charge in [0.05, 0.1) is 73.3 Å². The molecule has 57 heavy (non-hydrogen) atoms. The lowest BCUT2D eigenvalue weighted by atomic mass is 10.0. The van der Waals surface area contributed by atoms with Crippen LogP contribution >= 0.6 is 0 Å². The van der Waals surface area contributed by atoms with E-state index in [0.717, 1.165) is 82.8 Å². The summed E-state index contributed by atoms with van der Waals surface area (Å²) in [6.45, 7) is 0. The maximum atomic E-state index is 10.5. The third kappa shape index (κ3) is 4.68. The highest BCUT2D eigenvalue weighted by atomic mass is 15.0. The molecular formula is C51H28N6. The highest BCUT2D eigenvalue weighted by molar-refractivity contribution is 6.16. The molecule has 3 heterocycles. The molecule has 0 fully saturated rings. The first-order chi connectivity index (χ1) is 28.1. The lowest BCUT2D eigenvalue weighted by Gasteiger charge is -2.13. The fraction of sp³-hybridized carbons (Fsp3) is 0. The number of nitrogens with zero attached hydrogens (tertiary/aromatic N) is 6. The van der Waals surface area contributed by atoms with E-state index in [4.69, 9.17) is 0 Å². The third-order valence-electron chi connectivity index (χ3n) is 11.3. The zero-order chi connectivity index (χ0) is 38.2. The van der Waals surface area contributed by atoms with Crippen molar-refractivity contribution >= 4 is 65.4 Å². The molecule has 0 aliphatic rings. The number of nitriles is 3. The SMILES string of the molecule is N#Cc1ccc2c(c1)c1ccccc1n2-c1ccc(-c2ccc(-n3c4cc(C#N)ccc4c4c(-n5c6ccccc6c6ccccc65)cccc43)cc2)cc1C#N. The monoisotopic (exact) mass is 724 g/mol. The van der Waals surface area contributed by atoms with Crippen molar-refractivity contribution in [3.8, 4) is 46.4 Å². The number of para-hydroxylation sites is 3. The van der Waals surface area contributed by atoms with E-state index < -0.39 is 0 Å². The van der Waals surface area contributed by atoms with Gasteiger partial charge in [0.15, 0.2) is 0 Å². The lowest BCUT2D eigenvalue weighted by Crippen LogP contribution is -1.98. The minimum Gasteiger partial charge on any atom is -0.309 e. The van der Waals surface area contributed by atoms with Gasteiger partial charge in [0.25, 0.3) is 0 Å². The predicted molar refractivity (Wildman–Crippen MR) is 229 cm³/mol. The summed E-state index contributed by atoms with van der Waals surface area (Å²) >= 11 is 0. The largest absolute Gasteiger partial charge is 0.309 e. The molecule has 0 N–H and O–H groups in total. The van der Waals surface area contributed by atoms with E-state index in [1.54, 1.807) is 0 Å². The number of rotatable bonds is 4. The van der Waals surface area contributed by atoms with Crippen molar-refractivity contribution in [3.63, 3.8) is 0 Å². The average molecular weight is 725 g/mol. The van der Waals surface area contributed by atoms with E-state index >= 15 is 0 Å². The van der Waals surface area contributed by atoms with Crippen LogP contribution in [0.25, 0.3) is 93.6 Å². The number of hydrogen-bond donors (Lipinski definition) is 0. The van der Waals surface area contributed by atoms with Gasteiger partial charge in [0.2, 0.25) is 0 Å². The molecule has 6 nitrogen and oxygen atoms in total. The normalized spacial score (nSPS) is 11.5. The Morgan fingerprint density at radius 2 is 0.895 bits per heavy atom. The Bertz CT molecular complexity index is 3560. The predicted octanol–water partition coefficient (Wildman–Crippen LogP) is 12.3. The molecule has 6 heteroatoms. The fourth-order valence-corrected chi connectivity index (χ4v) is 8.87. The molecule has 0 spiro atoms. The van der Waals surface area contributed by atoms with Crippen molar-refractivity contribution < 1.29 is 0 Å². The zero-order valence-corrected chi connectivity index (χ0v) is 30.3. The first kappa shape index (κ1) is 32.1. The Hall–Kier alpha value is -8.37. The Kier molecular flexibility index (Phi) is 6.95. The maximum Gasteiger partial charge on any atom is 0.101 e. The van der Waals surface area contributed by atoms with Crippen molar-refractivity contribution in [1.29, 1.82) is 15.8 Å². The minimum atomic E-state index is 0.549.